The van der Waals surface area contributed by atoms with Gasteiger partial charge in [-0.05, 0) is 12.3 Å². The molecule has 0 bridgehead atoms. The minimum Gasteiger partial charge on any atom is -0.479 e. The number of aliphatic carboxylic acids is 1. The van der Waals surface area contributed by atoms with Crippen molar-refractivity contribution in [3.05, 3.63) is 0 Å². The topological polar surface area (TPSA) is 87.7 Å². The van der Waals surface area contributed by atoms with E-state index < -0.39 is 12.1 Å². The summed E-state index contributed by atoms with van der Waals surface area (Å²) in [5.74, 6) is -0.313. The number of urea groups is 1. The number of hydrogen-bond acceptors (Lipinski definition) is 3. The first-order valence-corrected chi connectivity index (χ1v) is 5.40. The van der Waals surface area contributed by atoms with Crippen LogP contribution in [0.2, 0.25) is 0 Å². The Morgan fingerprint density at radius 1 is 1.44 bits per heavy atom. The average molecular weight is 230 g/mol. The van der Waals surface area contributed by atoms with Crippen molar-refractivity contribution in [3.8, 4) is 0 Å². The van der Waals surface area contributed by atoms with Gasteiger partial charge >= 0.3 is 12.0 Å². The molecule has 1 aliphatic rings. The van der Waals surface area contributed by atoms with Gasteiger partial charge in [-0.2, -0.15) is 0 Å². The van der Waals surface area contributed by atoms with Crippen molar-refractivity contribution in [3.63, 3.8) is 0 Å². The molecule has 6 nitrogen and oxygen atoms in total. The third-order valence-electron chi connectivity index (χ3n) is 2.54. The lowest BCUT2D eigenvalue weighted by atomic mass is 10.3. The normalized spacial score (nSPS) is 16.6. The van der Waals surface area contributed by atoms with E-state index in [2.05, 4.69) is 15.4 Å². The van der Waals surface area contributed by atoms with Gasteiger partial charge in [0.1, 0.15) is 0 Å². The summed E-state index contributed by atoms with van der Waals surface area (Å²) in [4.78, 5) is 21.8. The molecule has 6 heteroatoms. The number of ether oxygens (including phenoxy) is 1. The first-order valence-electron chi connectivity index (χ1n) is 5.40. The molecule has 2 amide bonds. The summed E-state index contributed by atoms with van der Waals surface area (Å²) in [6.45, 7) is 0.613. The molecule has 0 heterocycles. The number of methoxy groups -OCH3 is 1. The van der Waals surface area contributed by atoms with Crippen LogP contribution in [-0.4, -0.2) is 43.4 Å². The zero-order chi connectivity index (χ0) is 12.0. The van der Waals surface area contributed by atoms with Crippen LogP contribution < -0.4 is 10.6 Å². The number of carbonyl (C=O) groups excluding carboxylic acids is 1. The van der Waals surface area contributed by atoms with Crippen LogP contribution in [0.25, 0.3) is 0 Å². The number of hydrogen-bond donors (Lipinski definition) is 3. The van der Waals surface area contributed by atoms with E-state index in [1.165, 1.54) is 20.0 Å². The Balaban J connectivity index is 2.05. The molecule has 1 rings (SSSR count). The second-order valence-corrected chi connectivity index (χ2v) is 3.93. The second-order valence-electron chi connectivity index (χ2n) is 3.93. The highest BCUT2D eigenvalue weighted by Crippen LogP contribution is 2.31. The van der Waals surface area contributed by atoms with Gasteiger partial charge in [0, 0.05) is 13.7 Å². The monoisotopic (exact) mass is 230 g/mol. The fourth-order valence-electron chi connectivity index (χ4n) is 1.32. The van der Waals surface area contributed by atoms with Crippen LogP contribution in [0.3, 0.4) is 0 Å². The van der Waals surface area contributed by atoms with Crippen molar-refractivity contribution in [2.45, 2.75) is 25.4 Å². The molecule has 0 radical (unpaired) electrons. The molecule has 0 spiro atoms. The van der Waals surface area contributed by atoms with E-state index in [4.69, 9.17) is 5.11 Å². The highest BCUT2D eigenvalue weighted by molar-refractivity contribution is 5.76. The zero-order valence-corrected chi connectivity index (χ0v) is 9.36. The molecule has 0 aliphatic heterocycles. The van der Waals surface area contributed by atoms with E-state index in [9.17, 15) is 9.59 Å². The van der Waals surface area contributed by atoms with Crippen LogP contribution in [0.15, 0.2) is 0 Å². The van der Waals surface area contributed by atoms with Crippen LogP contribution in [0.5, 0.6) is 0 Å². The van der Waals surface area contributed by atoms with Gasteiger partial charge in [0.05, 0.1) is 6.54 Å². The Morgan fingerprint density at radius 2 is 2.12 bits per heavy atom. The smallest absolute Gasteiger partial charge is 0.334 e. The minimum absolute atomic E-state index is 0.0267. The largest absolute Gasteiger partial charge is 0.479 e. The van der Waals surface area contributed by atoms with Gasteiger partial charge in [-0.25, -0.2) is 9.59 Å². The molecule has 0 aromatic heterocycles. The van der Waals surface area contributed by atoms with Crippen LogP contribution in [0.4, 0.5) is 4.79 Å². The van der Waals surface area contributed by atoms with Crippen molar-refractivity contribution in [1.82, 2.24) is 10.6 Å². The summed E-state index contributed by atoms with van der Waals surface area (Å²) in [6, 6.07) is -0.344. The Bertz CT molecular complexity index is 253. The van der Waals surface area contributed by atoms with Crippen LogP contribution >= 0.6 is 0 Å². The predicted molar refractivity (Wildman–Crippen MR) is 57.2 cm³/mol. The molecule has 3 N–H and O–H groups in total. The van der Waals surface area contributed by atoms with Crippen molar-refractivity contribution >= 4 is 12.0 Å². The summed E-state index contributed by atoms with van der Waals surface area (Å²) in [5, 5.41) is 13.8. The summed E-state index contributed by atoms with van der Waals surface area (Å²) in [6.07, 6.45) is 2.52. The average Bonchev–Trinajstić information content (AvgIpc) is 3.02. The first-order chi connectivity index (χ1) is 7.63. The SMILES string of the molecule is COC(CNC(=O)NCCC1CC1)C(=O)O. The van der Waals surface area contributed by atoms with Crippen molar-refractivity contribution < 1.29 is 19.4 Å². The number of carboxylic acids is 1. The number of amides is 2. The Kier molecular flexibility index (Phi) is 5.04. The Hall–Kier alpha value is -1.30. The van der Waals surface area contributed by atoms with Gasteiger partial charge in [0.25, 0.3) is 0 Å². The lowest BCUT2D eigenvalue weighted by molar-refractivity contribution is -0.147. The van der Waals surface area contributed by atoms with Gasteiger partial charge < -0.3 is 20.5 Å². The summed E-state index contributed by atoms with van der Waals surface area (Å²) in [5.41, 5.74) is 0. The molecule has 1 unspecified atom stereocenters. The molecule has 0 aromatic rings. The van der Waals surface area contributed by atoms with Crippen LogP contribution in [0, 0.1) is 5.92 Å². The molecule has 92 valence electrons. The molecule has 1 fully saturated rings. The van der Waals surface area contributed by atoms with Gasteiger partial charge in [-0.1, -0.05) is 12.8 Å². The van der Waals surface area contributed by atoms with Gasteiger partial charge in [-0.3, -0.25) is 0 Å². The van der Waals surface area contributed by atoms with E-state index in [1.54, 1.807) is 0 Å². The minimum atomic E-state index is -1.08. The van der Waals surface area contributed by atoms with Gasteiger partial charge in [0.2, 0.25) is 0 Å². The zero-order valence-electron chi connectivity index (χ0n) is 9.36. The number of carbonyl (C=O) groups is 2. The molecule has 1 atom stereocenters. The first kappa shape index (κ1) is 12.8. The number of rotatable bonds is 7. The van der Waals surface area contributed by atoms with Crippen molar-refractivity contribution in [2.75, 3.05) is 20.2 Å². The molecule has 1 aliphatic carbocycles. The van der Waals surface area contributed by atoms with Gasteiger partial charge in [0.15, 0.2) is 6.10 Å². The highest BCUT2D eigenvalue weighted by atomic mass is 16.5. The third kappa shape index (κ3) is 4.97. The Labute approximate surface area is 94.3 Å². The highest BCUT2D eigenvalue weighted by Gasteiger charge is 2.21. The fraction of sp³-hybridized carbons (Fsp3) is 0.800. The van der Waals surface area contributed by atoms with E-state index >= 15 is 0 Å². The predicted octanol–water partition coefficient (Wildman–Crippen LogP) is 0.185. The van der Waals surface area contributed by atoms with Gasteiger partial charge in [-0.15, -0.1) is 0 Å². The summed E-state index contributed by atoms with van der Waals surface area (Å²) in [7, 11) is 1.30. The lowest BCUT2D eigenvalue weighted by Gasteiger charge is -2.12. The molecular formula is C10H18N2O4. The second kappa shape index (κ2) is 6.32. The third-order valence-corrected chi connectivity index (χ3v) is 2.54. The van der Waals surface area contributed by atoms with E-state index in [-0.39, 0.29) is 12.6 Å². The summed E-state index contributed by atoms with van der Waals surface area (Å²) < 4.78 is 4.67. The van der Waals surface area contributed by atoms with Crippen LogP contribution in [-0.2, 0) is 9.53 Å². The number of nitrogens with one attached hydrogen (secondary N) is 2. The van der Waals surface area contributed by atoms with Crippen molar-refractivity contribution in [1.29, 1.82) is 0 Å². The summed E-state index contributed by atoms with van der Waals surface area (Å²) >= 11 is 0. The van der Waals surface area contributed by atoms with Crippen molar-refractivity contribution in [2.24, 2.45) is 5.92 Å². The molecule has 1 saturated carbocycles. The number of carboxylic acid groups (broad SMARTS) is 1. The quantitative estimate of drug-likeness (QED) is 0.582. The molecule has 16 heavy (non-hydrogen) atoms. The van der Waals surface area contributed by atoms with Crippen LogP contribution in [0.1, 0.15) is 19.3 Å². The Morgan fingerprint density at radius 3 is 2.62 bits per heavy atom. The van der Waals surface area contributed by atoms with E-state index in [1.807, 2.05) is 0 Å². The van der Waals surface area contributed by atoms with E-state index in [0.29, 0.717) is 6.54 Å². The molecule has 0 saturated heterocycles. The fourth-order valence-corrected chi connectivity index (χ4v) is 1.32. The van der Waals surface area contributed by atoms with E-state index in [0.717, 1.165) is 12.3 Å². The maximum absolute atomic E-state index is 11.2. The lowest BCUT2D eigenvalue weighted by Crippen LogP contribution is -2.43. The maximum atomic E-state index is 11.2. The molecule has 0 aromatic carbocycles. The standard InChI is InChI=1S/C10H18N2O4/c1-16-8(9(13)14)6-12-10(15)11-5-4-7-2-3-7/h7-8H,2-6H2,1H3,(H,13,14)(H2,11,12,15). The molecular weight excluding hydrogens is 212 g/mol. The maximum Gasteiger partial charge on any atom is 0.334 e.